The van der Waals surface area contributed by atoms with E-state index in [9.17, 15) is 10.1 Å². The fourth-order valence-corrected chi connectivity index (χ4v) is 3.00. The van der Waals surface area contributed by atoms with Gasteiger partial charge in [0.1, 0.15) is 0 Å². The Morgan fingerprint density at radius 1 is 1.29 bits per heavy atom. The predicted molar refractivity (Wildman–Crippen MR) is 82.5 cm³/mol. The van der Waals surface area contributed by atoms with Gasteiger partial charge >= 0.3 is 5.69 Å². The Morgan fingerprint density at radius 3 is 2.43 bits per heavy atom. The Kier molecular flexibility index (Phi) is 4.23. The molecular weight excluding hydrogens is 268 g/mol. The van der Waals surface area contributed by atoms with Crippen molar-refractivity contribution in [3.05, 3.63) is 33.9 Å². The molecule has 1 aliphatic rings. The second kappa shape index (κ2) is 5.64. The molecule has 1 aromatic carbocycles. The van der Waals surface area contributed by atoms with Gasteiger partial charge in [0.15, 0.2) is 5.75 Å². The summed E-state index contributed by atoms with van der Waals surface area (Å²) < 4.78 is 5.03. The minimum atomic E-state index is -0.407. The van der Waals surface area contributed by atoms with Crippen LogP contribution in [0.25, 0.3) is 0 Å². The maximum absolute atomic E-state index is 11.1. The van der Waals surface area contributed by atoms with Crippen molar-refractivity contribution in [2.75, 3.05) is 7.11 Å². The van der Waals surface area contributed by atoms with Crippen LogP contribution in [0.15, 0.2) is 18.2 Å². The standard InChI is InChI=1S/C16H24N2O3/c1-15(2)6-8-16(17,9-7-15)11-12-4-5-14(21-3)13(10-12)18(19)20/h4-5,10H,6-9,11,17H2,1-3H3. The van der Waals surface area contributed by atoms with E-state index in [2.05, 4.69) is 13.8 Å². The van der Waals surface area contributed by atoms with E-state index in [4.69, 9.17) is 10.5 Å². The number of hydrogen-bond acceptors (Lipinski definition) is 4. The molecule has 1 aromatic rings. The zero-order chi connectivity index (χ0) is 15.7. The summed E-state index contributed by atoms with van der Waals surface area (Å²) in [5.74, 6) is 0.291. The Morgan fingerprint density at radius 2 is 1.90 bits per heavy atom. The van der Waals surface area contributed by atoms with E-state index in [0.717, 1.165) is 31.2 Å². The van der Waals surface area contributed by atoms with Crippen molar-refractivity contribution in [3.8, 4) is 5.75 Å². The van der Waals surface area contributed by atoms with Gasteiger partial charge in [0.05, 0.1) is 12.0 Å². The molecule has 1 saturated carbocycles. The Hall–Kier alpha value is -1.62. The van der Waals surface area contributed by atoms with Gasteiger partial charge in [0.2, 0.25) is 0 Å². The molecule has 21 heavy (non-hydrogen) atoms. The monoisotopic (exact) mass is 292 g/mol. The molecule has 116 valence electrons. The van der Waals surface area contributed by atoms with Gasteiger partial charge in [-0.05, 0) is 49.1 Å². The fraction of sp³-hybridized carbons (Fsp3) is 0.625. The van der Waals surface area contributed by atoms with Crippen molar-refractivity contribution in [3.63, 3.8) is 0 Å². The molecule has 0 aliphatic heterocycles. The average Bonchev–Trinajstić information content (AvgIpc) is 2.43. The highest BCUT2D eigenvalue weighted by atomic mass is 16.6. The quantitative estimate of drug-likeness (QED) is 0.681. The molecule has 2 rings (SSSR count). The van der Waals surface area contributed by atoms with Crippen LogP contribution in [0.1, 0.15) is 45.1 Å². The Labute approximate surface area is 125 Å². The zero-order valence-electron chi connectivity index (χ0n) is 13.0. The SMILES string of the molecule is COc1ccc(CC2(N)CCC(C)(C)CC2)cc1[N+](=O)[O-]. The first-order chi connectivity index (χ1) is 9.75. The topological polar surface area (TPSA) is 78.4 Å². The molecule has 0 unspecified atom stereocenters. The highest BCUT2D eigenvalue weighted by molar-refractivity contribution is 5.49. The number of ether oxygens (including phenoxy) is 1. The molecule has 0 amide bonds. The third kappa shape index (κ3) is 3.73. The van der Waals surface area contributed by atoms with Crippen LogP contribution in [0.4, 0.5) is 5.69 Å². The molecular formula is C16H24N2O3. The highest BCUT2D eigenvalue weighted by Gasteiger charge is 2.35. The summed E-state index contributed by atoms with van der Waals surface area (Å²) >= 11 is 0. The minimum absolute atomic E-state index is 0.00902. The van der Waals surface area contributed by atoms with Crippen LogP contribution in [-0.2, 0) is 6.42 Å². The van der Waals surface area contributed by atoms with E-state index in [-0.39, 0.29) is 11.2 Å². The van der Waals surface area contributed by atoms with Crippen LogP contribution in [0.2, 0.25) is 0 Å². The molecule has 5 heteroatoms. The van der Waals surface area contributed by atoms with Gasteiger partial charge < -0.3 is 10.5 Å². The van der Waals surface area contributed by atoms with Crippen molar-refractivity contribution in [1.82, 2.24) is 0 Å². The minimum Gasteiger partial charge on any atom is -0.490 e. The van der Waals surface area contributed by atoms with E-state index < -0.39 is 4.92 Å². The van der Waals surface area contributed by atoms with Crippen molar-refractivity contribution in [2.24, 2.45) is 11.1 Å². The number of nitrogens with zero attached hydrogens (tertiary/aromatic N) is 1. The normalized spacial score (nSPS) is 20.0. The van der Waals surface area contributed by atoms with Gasteiger partial charge in [-0.1, -0.05) is 19.9 Å². The lowest BCUT2D eigenvalue weighted by atomic mass is 9.68. The van der Waals surface area contributed by atoms with E-state index in [0.29, 0.717) is 17.6 Å². The number of nitro groups is 1. The number of nitro benzene ring substituents is 1. The first kappa shape index (κ1) is 15.8. The van der Waals surface area contributed by atoms with E-state index in [1.807, 2.05) is 6.07 Å². The van der Waals surface area contributed by atoms with Crippen LogP contribution in [-0.4, -0.2) is 17.6 Å². The van der Waals surface area contributed by atoms with Gasteiger partial charge in [0.25, 0.3) is 0 Å². The first-order valence-corrected chi connectivity index (χ1v) is 7.35. The van der Waals surface area contributed by atoms with Crippen LogP contribution in [0, 0.1) is 15.5 Å². The van der Waals surface area contributed by atoms with Gasteiger partial charge in [-0.15, -0.1) is 0 Å². The van der Waals surface area contributed by atoms with Crippen LogP contribution in [0.3, 0.4) is 0 Å². The fourth-order valence-electron chi connectivity index (χ4n) is 3.00. The molecule has 1 fully saturated rings. The third-order valence-electron chi connectivity index (χ3n) is 4.60. The van der Waals surface area contributed by atoms with Gasteiger partial charge in [-0.3, -0.25) is 10.1 Å². The largest absolute Gasteiger partial charge is 0.490 e. The summed E-state index contributed by atoms with van der Waals surface area (Å²) in [6.45, 7) is 4.54. The number of nitrogens with two attached hydrogens (primary N) is 1. The van der Waals surface area contributed by atoms with Crippen molar-refractivity contribution >= 4 is 5.69 Å². The molecule has 0 atom stereocenters. The first-order valence-electron chi connectivity index (χ1n) is 7.35. The highest BCUT2D eigenvalue weighted by Crippen LogP contribution is 2.41. The third-order valence-corrected chi connectivity index (χ3v) is 4.60. The smallest absolute Gasteiger partial charge is 0.311 e. The summed E-state index contributed by atoms with van der Waals surface area (Å²) in [5.41, 5.74) is 7.53. The average molecular weight is 292 g/mol. The van der Waals surface area contributed by atoms with Gasteiger partial charge in [-0.25, -0.2) is 0 Å². The molecule has 0 spiro atoms. The van der Waals surface area contributed by atoms with Gasteiger partial charge in [0, 0.05) is 11.6 Å². The maximum atomic E-state index is 11.1. The van der Waals surface area contributed by atoms with Crippen molar-refractivity contribution in [2.45, 2.75) is 51.5 Å². The molecule has 0 saturated heterocycles. The second-order valence-corrected chi connectivity index (χ2v) is 6.97. The molecule has 0 bridgehead atoms. The molecule has 5 nitrogen and oxygen atoms in total. The number of rotatable bonds is 4. The van der Waals surface area contributed by atoms with E-state index in [1.54, 1.807) is 12.1 Å². The number of methoxy groups -OCH3 is 1. The van der Waals surface area contributed by atoms with Crippen LogP contribution >= 0.6 is 0 Å². The number of hydrogen-bond donors (Lipinski definition) is 1. The summed E-state index contributed by atoms with van der Waals surface area (Å²) in [6, 6.07) is 5.12. The summed E-state index contributed by atoms with van der Waals surface area (Å²) in [7, 11) is 1.44. The molecule has 1 aliphatic carbocycles. The summed E-state index contributed by atoms with van der Waals surface area (Å²) in [4.78, 5) is 10.7. The second-order valence-electron chi connectivity index (χ2n) is 6.97. The lowest BCUT2D eigenvalue weighted by molar-refractivity contribution is -0.385. The summed E-state index contributed by atoms with van der Waals surface area (Å²) in [6.07, 6.45) is 4.79. The Balaban J connectivity index is 2.16. The lowest BCUT2D eigenvalue weighted by Crippen LogP contribution is -2.46. The lowest BCUT2D eigenvalue weighted by Gasteiger charge is -2.41. The Bertz CT molecular complexity index is 530. The molecule has 0 aromatic heterocycles. The molecule has 2 N–H and O–H groups in total. The van der Waals surface area contributed by atoms with Crippen LogP contribution in [0.5, 0.6) is 5.75 Å². The number of benzene rings is 1. The van der Waals surface area contributed by atoms with Crippen LogP contribution < -0.4 is 10.5 Å². The van der Waals surface area contributed by atoms with Crippen molar-refractivity contribution < 1.29 is 9.66 Å². The van der Waals surface area contributed by atoms with E-state index in [1.165, 1.54) is 7.11 Å². The predicted octanol–water partition coefficient (Wildman–Crippen LogP) is 3.44. The van der Waals surface area contributed by atoms with Crippen molar-refractivity contribution in [1.29, 1.82) is 0 Å². The zero-order valence-corrected chi connectivity index (χ0v) is 13.0. The van der Waals surface area contributed by atoms with E-state index >= 15 is 0 Å². The maximum Gasteiger partial charge on any atom is 0.311 e. The van der Waals surface area contributed by atoms with Gasteiger partial charge in [-0.2, -0.15) is 0 Å². The summed E-state index contributed by atoms with van der Waals surface area (Å²) in [5, 5.41) is 11.1. The molecule has 0 radical (unpaired) electrons. The molecule has 0 heterocycles.